The van der Waals surface area contributed by atoms with Crippen LogP contribution in [0.3, 0.4) is 0 Å². The minimum absolute atomic E-state index is 0.416. The van der Waals surface area contributed by atoms with Gasteiger partial charge in [-0.3, -0.25) is 0 Å². The third-order valence-corrected chi connectivity index (χ3v) is 4.55. The first-order chi connectivity index (χ1) is 12.7. The lowest BCUT2D eigenvalue weighted by molar-refractivity contribution is 0.0735. The first-order valence-corrected chi connectivity index (χ1v) is 8.88. The van der Waals surface area contributed by atoms with E-state index in [1.165, 1.54) is 0 Å². The second-order valence-corrected chi connectivity index (χ2v) is 6.76. The molecule has 0 aliphatic heterocycles. The van der Waals surface area contributed by atoms with Gasteiger partial charge in [-0.15, -0.1) is 0 Å². The van der Waals surface area contributed by atoms with Crippen molar-refractivity contribution in [3.05, 3.63) is 94.1 Å². The van der Waals surface area contributed by atoms with Crippen LogP contribution in [0.2, 0.25) is 0 Å². The van der Waals surface area contributed by atoms with Gasteiger partial charge < -0.3 is 9.26 Å². The standard InChI is InChI=1S/C21H14BrNO3/c22-16-8-6-15(7-9-16)21(24)25-17-10-11-18-19(23-26-20(18)13-17)12-14-4-2-1-3-5-14/h1-11,13H,12H2. The summed E-state index contributed by atoms with van der Waals surface area (Å²) in [6.07, 6.45) is 0.686. The van der Waals surface area contributed by atoms with Crippen molar-refractivity contribution in [1.29, 1.82) is 0 Å². The maximum atomic E-state index is 12.2. The van der Waals surface area contributed by atoms with Crippen LogP contribution in [0.25, 0.3) is 11.0 Å². The fourth-order valence-electron chi connectivity index (χ4n) is 2.70. The van der Waals surface area contributed by atoms with E-state index in [1.54, 1.807) is 36.4 Å². The number of hydrogen-bond donors (Lipinski definition) is 0. The van der Waals surface area contributed by atoms with Gasteiger partial charge in [0, 0.05) is 22.3 Å². The molecule has 0 radical (unpaired) electrons. The number of nitrogens with zero attached hydrogens (tertiary/aromatic N) is 1. The van der Waals surface area contributed by atoms with E-state index < -0.39 is 5.97 Å². The van der Waals surface area contributed by atoms with E-state index in [9.17, 15) is 4.79 Å². The highest BCUT2D eigenvalue weighted by molar-refractivity contribution is 9.10. The van der Waals surface area contributed by atoms with Crippen LogP contribution < -0.4 is 4.74 Å². The quantitative estimate of drug-likeness (QED) is 0.335. The predicted molar refractivity (Wildman–Crippen MR) is 102 cm³/mol. The van der Waals surface area contributed by atoms with Gasteiger partial charge in [0.2, 0.25) is 0 Å². The van der Waals surface area contributed by atoms with E-state index >= 15 is 0 Å². The molecule has 0 amide bonds. The topological polar surface area (TPSA) is 52.3 Å². The second kappa shape index (κ2) is 7.14. The van der Waals surface area contributed by atoms with Crippen molar-refractivity contribution in [2.45, 2.75) is 6.42 Å². The number of ether oxygens (including phenoxy) is 1. The van der Waals surface area contributed by atoms with Gasteiger partial charge in [0.1, 0.15) is 5.75 Å². The average molecular weight is 408 g/mol. The molecule has 26 heavy (non-hydrogen) atoms. The lowest BCUT2D eigenvalue weighted by Crippen LogP contribution is -2.08. The fraction of sp³-hybridized carbons (Fsp3) is 0.0476. The van der Waals surface area contributed by atoms with Crippen LogP contribution >= 0.6 is 15.9 Å². The van der Waals surface area contributed by atoms with Gasteiger partial charge in [0.05, 0.1) is 11.3 Å². The molecule has 0 atom stereocenters. The Hall–Kier alpha value is -2.92. The van der Waals surface area contributed by atoms with Crippen LogP contribution in [0.1, 0.15) is 21.6 Å². The Labute approximate surface area is 158 Å². The van der Waals surface area contributed by atoms with Crippen molar-refractivity contribution < 1.29 is 14.1 Å². The Morgan fingerprint density at radius 1 is 1.00 bits per heavy atom. The molecule has 5 heteroatoms. The summed E-state index contributed by atoms with van der Waals surface area (Å²) >= 11 is 3.34. The Balaban J connectivity index is 1.55. The third kappa shape index (κ3) is 3.53. The van der Waals surface area contributed by atoms with Crippen LogP contribution in [0.15, 0.2) is 81.8 Å². The number of esters is 1. The lowest BCUT2D eigenvalue weighted by atomic mass is 10.1. The van der Waals surface area contributed by atoms with Gasteiger partial charge in [-0.25, -0.2) is 4.79 Å². The molecule has 128 valence electrons. The number of carbonyl (C=O) groups excluding carboxylic acids is 1. The second-order valence-electron chi connectivity index (χ2n) is 5.85. The van der Waals surface area contributed by atoms with E-state index in [1.807, 2.05) is 24.3 Å². The van der Waals surface area contributed by atoms with Gasteiger partial charge in [-0.1, -0.05) is 51.4 Å². The number of fused-ring (bicyclic) bond motifs is 1. The zero-order valence-corrected chi connectivity index (χ0v) is 15.3. The molecular formula is C21H14BrNO3. The van der Waals surface area contributed by atoms with E-state index in [0.29, 0.717) is 23.3 Å². The Bertz CT molecular complexity index is 1060. The van der Waals surface area contributed by atoms with Crippen molar-refractivity contribution in [2.24, 2.45) is 0 Å². The molecule has 0 fully saturated rings. The van der Waals surface area contributed by atoms with Crippen molar-refractivity contribution in [2.75, 3.05) is 0 Å². The number of aromatic nitrogens is 1. The molecule has 4 aromatic rings. The maximum absolute atomic E-state index is 12.2. The highest BCUT2D eigenvalue weighted by Gasteiger charge is 2.13. The molecule has 0 N–H and O–H groups in total. The largest absolute Gasteiger partial charge is 0.423 e. The minimum atomic E-state index is -0.416. The zero-order valence-electron chi connectivity index (χ0n) is 13.7. The molecule has 0 aliphatic rings. The molecule has 1 heterocycles. The summed E-state index contributed by atoms with van der Waals surface area (Å²) in [5.41, 5.74) is 3.10. The zero-order chi connectivity index (χ0) is 17.9. The van der Waals surface area contributed by atoms with Crippen molar-refractivity contribution >= 4 is 32.9 Å². The molecule has 0 bridgehead atoms. The summed E-state index contributed by atoms with van der Waals surface area (Å²) in [6.45, 7) is 0. The number of carbonyl (C=O) groups is 1. The fourth-order valence-corrected chi connectivity index (χ4v) is 2.97. The maximum Gasteiger partial charge on any atom is 0.343 e. The van der Waals surface area contributed by atoms with Crippen molar-refractivity contribution in [1.82, 2.24) is 5.16 Å². The molecule has 0 unspecified atom stereocenters. The molecule has 4 nitrogen and oxygen atoms in total. The van der Waals surface area contributed by atoms with Crippen molar-refractivity contribution in [3.63, 3.8) is 0 Å². The Kier molecular flexibility index (Phi) is 4.54. The predicted octanol–water partition coefficient (Wildman–Crippen LogP) is 5.40. The number of rotatable bonds is 4. The first-order valence-electron chi connectivity index (χ1n) is 8.09. The molecule has 3 aromatic carbocycles. The van der Waals surface area contributed by atoms with E-state index in [-0.39, 0.29) is 0 Å². The highest BCUT2D eigenvalue weighted by atomic mass is 79.9. The number of hydrogen-bond acceptors (Lipinski definition) is 4. The minimum Gasteiger partial charge on any atom is -0.423 e. The summed E-state index contributed by atoms with van der Waals surface area (Å²) in [5.74, 6) is 0.00806. The summed E-state index contributed by atoms with van der Waals surface area (Å²) in [5, 5.41) is 5.07. The molecule has 0 saturated carbocycles. The van der Waals surface area contributed by atoms with Gasteiger partial charge in [-0.05, 0) is 42.0 Å². The highest BCUT2D eigenvalue weighted by Crippen LogP contribution is 2.26. The molecule has 4 rings (SSSR count). The average Bonchev–Trinajstić information content (AvgIpc) is 3.05. The van der Waals surface area contributed by atoms with E-state index in [4.69, 9.17) is 9.26 Å². The number of halogens is 1. The molecule has 0 aliphatic carbocycles. The first kappa shape index (κ1) is 16.5. The smallest absolute Gasteiger partial charge is 0.343 e. The molecule has 0 spiro atoms. The summed E-state index contributed by atoms with van der Waals surface area (Å²) in [6, 6.07) is 22.4. The summed E-state index contributed by atoms with van der Waals surface area (Å²) in [4.78, 5) is 12.2. The van der Waals surface area contributed by atoms with Crippen LogP contribution in [-0.2, 0) is 6.42 Å². The van der Waals surface area contributed by atoms with Crippen LogP contribution in [0.5, 0.6) is 5.75 Å². The third-order valence-electron chi connectivity index (χ3n) is 4.02. The monoisotopic (exact) mass is 407 g/mol. The lowest BCUT2D eigenvalue weighted by Gasteiger charge is -2.04. The molecule has 1 aromatic heterocycles. The van der Waals surface area contributed by atoms with Crippen molar-refractivity contribution in [3.8, 4) is 5.75 Å². The van der Waals surface area contributed by atoms with E-state index in [2.05, 4.69) is 33.2 Å². The van der Waals surface area contributed by atoms with Gasteiger partial charge in [0.15, 0.2) is 5.58 Å². The Morgan fingerprint density at radius 3 is 2.54 bits per heavy atom. The van der Waals surface area contributed by atoms with Gasteiger partial charge in [-0.2, -0.15) is 0 Å². The molecular weight excluding hydrogens is 394 g/mol. The summed E-state index contributed by atoms with van der Waals surface area (Å²) in [7, 11) is 0. The SMILES string of the molecule is O=C(Oc1ccc2c(Cc3ccccc3)noc2c1)c1ccc(Br)cc1. The van der Waals surface area contributed by atoms with Gasteiger partial charge in [0.25, 0.3) is 0 Å². The summed E-state index contributed by atoms with van der Waals surface area (Å²) < 4.78 is 11.8. The number of benzene rings is 3. The molecule has 0 saturated heterocycles. The van der Waals surface area contributed by atoms with Gasteiger partial charge >= 0.3 is 5.97 Å². The van der Waals surface area contributed by atoms with Crippen LogP contribution in [0.4, 0.5) is 0 Å². The Morgan fingerprint density at radius 2 is 1.77 bits per heavy atom. The normalized spacial score (nSPS) is 10.8. The van der Waals surface area contributed by atoms with E-state index in [0.717, 1.165) is 21.1 Å². The van der Waals surface area contributed by atoms with Crippen LogP contribution in [-0.4, -0.2) is 11.1 Å². The van der Waals surface area contributed by atoms with Crippen LogP contribution in [0, 0.1) is 0 Å².